The van der Waals surface area contributed by atoms with Gasteiger partial charge in [-0.1, -0.05) is 17.7 Å². The van der Waals surface area contributed by atoms with Crippen LogP contribution in [-0.2, 0) is 26.6 Å². The molecule has 24 heavy (non-hydrogen) atoms. The van der Waals surface area contributed by atoms with E-state index in [1.165, 1.54) is 6.07 Å². The van der Waals surface area contributed by atoms with Crippen molar-refractivity contribution in [1.82, 2.24) is 4.98 Å². The van der Waals surface area contributed by atoms with E-state index in [1.54, 1.807) is 24.4 Å². The van der Waals surface area contributed by atoms with Crippen LogP contribution in [0, 0.1) is 6.92 Å². The van der Waals surface area contributed by atoms with E-state index in [2.05, 4.69) is 9.71 Å². The fourth-order valence-electron chi connectivity index (χ4n) is 1.95. The van der Waals surface area contributed by atoms with Gasteiger partial charge in [-0.15, -0.1) is 11.3 Å². The number of thiazole rings is 1. The minimum absolute atomic E-state index is 0.0677. The Morgan fingerprint density at radius 3 is 2.67 bits per heavy atom. The van der Waals surface area contributed by atoms with Crippen molar-refractivity contribution >= 4 is 48.2 Å². The molecule has 0 radical (unpaired) electrons. The van der Waals surface area contributed by atoms with Crippen molar-refractivity contribution in [3.63, 3.8) is 0 Å². The number of aromatic nitrogens is 1. The number of sulfonamides is 1. The molecule has 0 atom stereocenters. The normalized spacial score (nSPS) is 12.3. The summed E-state index contributed by atoms with van der Waals surface area (Å²) in [5.74, 6) is -0.368. The first-order valence-electron chi connectivity index (χ1n) is 6.76. The molecule has 2 N–H and O–H groups in total. The molecule has 2 aromatic rings. The molecule has 0 saturated carbocycles. The topological polar surface area (TPSA) is 113 Å². The lowest BCUT2D eigenvalue weighted by molar-refractivity contribution is 0.481. The Kier molecular flexibility index (Phi) is 5.87. The molecule has 11 heteroatoms. The van der Waals surface area contributed by atoms with Crippen molar-refractivity contribution < 1.29 is 21.4 Å². The van der Waals surface area contributed by atoms with Gasteiger partial charge in [0.05, 0.1) is 16.3 Å². The van der Waals surface area contributed by atoms with Gasteiger partial charge in [0.15, 0.2) is 5.13 Å². The summed E-state index contributed by atoms with van der Waals surface area (Å²) in [5, 5.41) is 2.16. The second-order valence-corrected chi connectivity index (χ2v) is 9.49. The predicted molar refractivity (Wildman–Crippen MR) is 93.8 cm³/mol. The van der Waals surface area contributed by atoms with Gasteiger partial charge in [-0.3, -0.25) is 9.27 Å². The molecule has 0 aliphatic rings. The molecule has 1 heterocycles. The number of hydrogen-bond acceptors (Lipinski definition) is 6. The monoisotopic (exact) mass is 410 g/mol. The Hall–Kier alpha value is -1.20. The van der Waals surface area contributed by atoms with Crippen LogP contribution in [0.15, 0.2) is 28.5 Å². The zero-order chi connectivity index (χ0) is 18.0. The summed E-state index contributed by atoms with van der Waals surface area (Å²) < 4.78 is 57.2. The molecule has 0 spiro atoms. The summed E-state index contributed by atoms with van der Waals surface area (Å²) >= 11 is 7.04. The van der Waals surface area contributed by atoms with Gasteiger partial charge < -0.3 is 0 Å². The van der Waals surface area contributed by atoms with E-state index in [4.69, 9.17) is 16.2 Å². The molecule has 0 fully saturated rings. The van der Waals surface area contributed by atoms with Crippen LogP contribution >= 0.6 is 22.9 Å². The quantitative estimate of drug-likeness (QED) is 0.678. The number of aryl methyl sites for hydroxylation is 1. The summed E-state index contributed by atoms with van der Waals surface area (Å²) in [6, 6.07) is 4.60. The highest BCUT2D eigenvalue weighted by Crippen LogP contribution is 2.26. The molecule has 0 aliphatic carbocycles. The highest BCUT2D eigenvalue weighted by Gasteiger charge is 2.19. The smallest absolute Gasteiger partial charge is 0.264 e. The van der Waals surface area contributed by atoms with E-state index >= 15 is 0 Å². The molecule has 7 nitrogen and oxygen atoms in total. The van der Waals surface area contributed by atoms with Crippen molar-refractivity contribution in [2.24, 2.45) is 0 Å². The summed E-state index contributed by atoms with van der Waals surface area (Å²) in [6.45, 7) is 1.61. The minimum atomic E-state index is -4.01. The number of anilines is 1. The molecule has 0 bridgehead atoms. The first-order chi connectivity index (χ1) is 11.1. The van der Waals surface area contributed by atoms with E-state index in [0.717, 1.165) is 11.3 Å². The van der Waals surface area contributed by atoms with Gasteiger partial charge in [-0.2, -0.15) is 8.42 Å². The Labute approximate surface area is 149 Å². The van der Waals surface area contributed by atoms with E-state index in [1.807, 2.05) is 0 Å². The van der Waals surface area contributed by atoms with Gasteiger partial charge in [-0.25, -0.2) is 13.4 Å². The highest BCUT2D eigenvalue weighted by molar-refractivity contribution is 7.93. The number of nitrogens with zero attached hydrogens (tertiary/aromatic N) is 1. The number of nitrogens with one attached hydrogen (secondary N) is 1. The van der Waals surface area contributed by atoms with E-state index < -0.39 is 20.1 Å². The lowest BCUT2D eigenvalue weighted by Crippen LogP contribution is -2.14. The average molecular weight is 411 g/mol. The maximum atomic E-state index is 12.4. The maximum Gasteiger partial charge on any atom is 0.264 e. The van der Waals surface area contributed by atoms with Crippen LogP contribution in [0.25, 0.3) is 0 Å². The van der Waals surface area contributed by atoms with Crippen LogP contribution in [0.4, 0.5) is 5.13 Å². The molecule has 1 aromatic heterocycles. The third-order valence-electron chi connectivity index (χ3n) is 3.12. The van der Waals surface area contributed by atoms with Crippen molar-refractivity contribution in [3.8, 4) is 0 Å². The molecular formula is C13H15ClN2O5S3. The third-order valence-corrected chi connectivity index (χ3v) is 6.75. The van der Waals surface area contributed by atoms with Gasteiger partial charge >= 0.3 is 0 Å². The van der Waals surface area contributed by atoms with E-state index in [-0.39, 0.29) is 22.2 Å². The first kappa shape index (κ1) is 19.1. The van der Waals surface area contributed by atoms with Crippen LogP contribution in [0.2, 0.25) is 5.02 Å². The minimum Gasteiger partial charge on any atom is -0.286 e. The van der Waals surface area contributed by atoms with Crippen molar-refractivity contribution in [1.29, 1.82) is 0 Å². The Morgan fingerprint density at radius 1 is 1.29 bits per heavy atom. The van der Waals surface area contributed by atoms with E-state index in [9.17, 15) is 16.8 Å². The maximum absolute atomic E-state index is 12.4. The molecule has 0 unspecified atom stereocenters. The van der Waals surface area contributed by atoms with Crippen LogP contribution in [0.3, 0.4) is 0 Å². The van der Waals surface area contributed by atoms with Crippen molar-refractivity contribution in [3.05, 3.63) is 39.9 Å². The summed E-state index contributed by atoms with van der Waals surface area (Å²) in [5.41, 5.74) is 0.987. The van der Waals surface area contributed by atoms with Gasteiger partial charge in [-0.05, 0) is 37.5 Å². The number of hydrogen-bond donors (Lipinski definition) is 2. The van der Waals surface area contributed by atoms with Crippen LogP contribution in [0.1, 0.15) is 17.7 Å². The summed E-state index contributed by atoms with van der Waals surface area (Å²) in [7, 11) is -7.83. The Morgan fingerprint density at radius 2 is 2.00 bits per heavy atom. The van der Waals surface area contributed by atoms with Gasteiger partial charge in [0.2, 0.25) is 0 Å². The lowest BCUT2D eigenvalue weighted by atomic mass is 10.2. The zero-order valence-electron chi connectivity index (χ0n) is 12.6. The number of halogens is 1. The van der Waals surface area contributed by atoms with Crippen LogP contribution < -0.4 is 4.72 Å². The highest BCUT2D eigenvalue weighted by atomic mass is 35.5. The van der Waals surface area contributed by atoms with Crippen molar-refractivity contribution in [2.75, 3.05) is 10.5 Å². The molecule has 0 saturated heterocycles. The second-order valence-electron chi connectivity index (χ2n) is 5.00. The van der Waals surface area contributed by atoms with Gasteiger partial charge in [0.25, 0.3) is 20.1 Å². The molecule has 1 aromatic carbocycles. The van der Waals surface area contributed by atoms with Gasteiger partial charge in [0, 0.05) is 10.4 Å². The lowest BCUT2D eigenvalue weighted by Gasteiger charge is -2.09. The van der Waals surface area contributed by atoms with Crippen molar-refractivity contribution in [2.45, 2.75) is 24.7 Å². The van der Waals surface area contributed by atoms with Crippen LogP contribution in [0.5, 0.6) is 0 Å². The fraction of sp³-hybridized carbons (Fsp3) is 0.308. The predicted octanol–water partition coefficient (Wildman–Crippen LogP) is 2.73. The Balaban J connectivity index is 2.10. The molecule has 132 valence electrons. The molecule has 2 rings (SSSR count). The first-order valence-corrected chi connectivity index (χ1v) is 11.1. The third kappa shape index (κ3) is 5.15. The standard InChI is InChI=1S/C13H15ClN2O5S3/c1-9-11(14)5-2-6-12(9)24(20,21)16-13-15-10(8-22-13)4-3-7-23(17,18)19/h2,5-6,8H,3-4,7H2,1H3,(H,15,16)(H,17,18,19). The summed E-state index contributed by atoms with van der Waals surface area (Å²) in [4.78, 5) is 4.18. The van der Waals surface area contributed by atoms with Gasteiger partial charge in [0.1, 0.15) is 0 Å². The number of benzene rings is 1. The SMILES string of the molecule is Cc1c(Cl)cccc1S(=O)(=O)Nc1nc(CCCS(=O)(=O)O)cs1. The molecule has 0 aliphatic heterocycles. The Bertz CT molecular complexity index is 938. The largest absolute Gasteiger partial charge is 0.286 e. The second kappa shape index (κ2) is 7.36. The molecular weight excluding hydrogens is 396 g/mol. The molecule has 0 amide bonds. The van der Waals surface area contributed by atoms with Crippen LogP contribution in [-0.4, -0.2) is 32.1 Å². The zero-order valence-corrected chi connectivity index (χ0v) is 15.8. The number of rotatable bonds is 7. The van der Waals surface area contributed by atoms with E-state index in [0.29, 0.717) is 22.7 Å². The summed E-state index contributed by atoms with van der Waals surface area (Å²) in [6.07, 6.45) is 0.510. The average Bonchev–Trinajstić information content (AvgIpc) is 2.87. The fourth-order valence-corrected chi connectivity index (χ4v) is 4.96.